The lowest BCUT2D eigenvalue weighted by Crippen LogP contribution is -2.07. The van der Waals surface area contributed by atoms with Crippen molar-refractivity contribution in [3.8, 4) is 0 Å². The van der Waals surface area contributed by atoms with Crippen LogP contribution in [0.2, 0.25) is 0 Å². The number of rotatable bonds is 1. The lowest BCUT2D eigenvalue weighted by atomic mass is 9.97. The molecule has 0 aromatic rings. The summed E-state index contributed by atoms with van der Waals surface area (Å²) in [5.41, 5.74) is 0. The van der Waals surface area contributed by atoms with E-state index in [0.717, 1.165) is 19.3 Å². The van der Waals surface area contributed by atoms with Gasteiger partial charge in [-0.1, -0.05) is 12.2 Å². The van der Waals surface area contributed by atoms with Gasteiger partial charge in [-0.25, -0.2) is 0 Å². The summed E-state index contributed by atoms with van der Waals surface area (Å²) in [6.45, 7) is 0. The van der Waals surface area contributed by atoms with Gasteiger partial charge in [0, 0.05) is 0 Å². The molecule has 50 valence electrons. The molecular weight excluding hydrogens is 136 g/mol. The van der Waals surface area contributed by atoms with Gasteiger partial charge in [-0.15, -0.1) is 0 Å². The van der Waals surface area contributed by atoms with Crippen molar-refractivity contribution in [3.63, 3.8) is 0 Å². The smallest absolute Gasteiger partial charge is 0.228 e. The molecule has 2 heteroatoms. The molecule has 0 N–H and O–H groups in total. The van der Waals surface area contributed by atoms with E-state index in [0.29, 0.717) is 0 Å². The molecule has 0 saturated heterocycles. The number of hydrogen-bond donors (Lipinski definition) is 0. The van der Waals surface area contributed by atoms with Crippen molar-refractivity contribution in [1.82, 2.24) is 0 Å². The van der Waals surface area contributed by atoms with Crippen LogP contribution in [0.15, 0.2) is 12.2 Å². The summed E-state index contributed by atoms with van der Waals surface area (Å²) in [6.07, 6.45) is 7.05. The maximum atomic E-state index is 10.5. The highest BCUT2D eigenvalue weighted by atomic mass is 35.5. The molecule has 1 atom stereocenters. The summed E-state index contributed by atoms with van der Waals surface area (Å²) in [5, 5.41) is -0.217. The van der Waals surface area contributed by atoms with Crippen LogP contribution in [0.5, 0.6) is 0 Å². The number of halogens is 1. The highest BCUT2D eigenvalue weighted by Gasteiger charge is 2.13. The summed E-state index contributed by atoms with van der Waals surface area (Å²) < 4.78 is 0. The summed E-state index contributed by atoms with van der Waals surface area (Å²) >= 11 is 5.27. The minimum Gasteiger partial charge on any atom is -0.281 e. The van der Waals surface area contributed by atoms with Crippen molar-refractivity contribution in [2.45, 2.75) is 19.3 Å². The monoisotopic (exact) mass is 144 g/mol. The molecule has 0 aromatic heterocycles. The highest BCUT2D eigenvalue weighted by molar-refractivity contribution is 6.64. The van der Waals surface area contributed by atoms with Crippen LogP contribution >= 0.6 is 11.6 Å². The molecule has 0 bridgehead atoms. The van der Waals surface area contributed by atoms with E-state index in [1.54, 1.807) is 0 Å². The lowest BCUT2D eigenvalue weighted by Gasteiger charge is -2.10. The van der Waals surface area contributed by atoms with Gasteiger partial charge in [0.15, 0.2) is 0 Å². The largest absolute Gasteiger partial charge is 0.281 e. The van der Waals surface area contributed by atoms with Crippen molar-refractivity contribution in [2.24, 2.45) is 5.92 Å². The van der Waals surface area contributed by atoms with Crippen molar-refractivity contribution < 1.29 is 4.79 Å². The first-order chi connectivity index (χ1) is 4.30. The van der Waals surface area contributed by atoms with Gasteiger partial charge in [0.25, 0.3) is 0 Å². The Balaban J connectivity index is 2.50. The average molecular weight is 145 g/mol. The van der Waals surface area contributed by atoms with Gasteiger partial charge in [0.1, 0.15) is 0 Å². The molecule has 0 spiro atoms. The minimum absolute atomic E-state index is 0.000386. The van der Waals surface area contributed by atoms with Gasteiger partial charge in [0.2, 0.25) is 5.24 Å². The molecule has 0 saturated carbocycles. The molecule has 1 rings (SSSR count). The number of allylic oxidation sites excluding steroid dienone is 2. The van der Waals surface area contributed by atoms with Gasteiger partial charge in [-0.2, -0.15) is 0 Å². The van der Waals surface area contributed by atoms with Gasteiger partial charge in [-0.05, 0) is 30.9 Å². The highest BCUT2D eigenvalue weighted by Crippen LogP contribution is 2.18. The molecule has 1 aliphatic carbocycles. The third-order valence-electron chi connectivity index (χ3n) is 1.55. The number of carbonyl (C=O) groups is 1. The van der Waals surface area contributed by atoms with Gasteiger partial charge >= 0.3 is 0 Å². The molecule has 1 aliphatic rings. The van der Waals surface area contributed by atoms with E-state index in [2.05, 4.69) is 0 Å². The van der Waals surface area contributed by atoms with Crippen LogP contribution in [0.3, 0.4) is 0 Å². The van der Waals surface area contributed by atoms with Crippen LogP contribution in [-0.2, 0) is 4.79 Å². The van der Waals surface area contributed by atoms with Crippen molar-refractivity contribution in [1.29, 1.82) is 0 Å². The number of carbonyl (C=O) groups excluding carboxylic acids is 1. The van der Waals surface area contributed by atoms with E-state index < -0.39 is 0 Å². The Kier molecular flexibility index (Phi) is 2.29. The topological polar surface area (TPSA) is 17.1 Å². The van der Waals surface area contributed by atoms with Crippen molar-refractivity contribution >= 4 is 16.8 Å². The molecule has 0 aromatic carbocycles. The van der Waals surface area contributed by atoms with Crippen LogP contribution in [0.4, 0.5) is 0 Å². The fourth-order valence-corrected chi connectivity index (χ4v) is 1.18. The molecule has 9 heavy (non-hydrogen) atoms. The Labute approximate surface area is 59.7 Å². The zero-order valence-electron chi connectivity index (χ0n) is 5.14. The van der Waals surface area contributed by atoms with E-state index in [1.807, 2.05) is 12.2 Å². The zero-order valence-corrected chi connectivity index (χ0v) is 5.90. The number of hydrogen-bond acceptors (Lipinski definition) is 1. The first kappa shape index (κ1) is 6.81. The van der Waals surface area contributed by atoms with Crippen LogP contribution in [0.1, 0.15) is 19.3 Å². The van der Waals surface area contributed by atoms with Crippen molar-refractivity contribution in [2.75, 3.05) is 0 Å². The minimum atomic E-state index is -0.217. The molecule has 0 aliphatic heterocycles. The Morgan fingerprint density at radius 1 is 1.67 bits per heavy atom. The first-order valence-electron chi connectivity index (χ1n) is 3.16. The SMILES string of the molecule is O=C(Cl)C1C=CCCC1. The second kappa shape index (κ2) is 3.02. The van der Waals surface area contributed by atoms with Crippen LogP contribution < -0.4 is 0 Å². The Bertz CT molecular complexity index is 140. The summed E-state index contributed by atoms with van der Waals surface area (Å²) in [4.78, 5) is 10.5. The maximum absolute atomic E-state index is 10.5. The molecular formula is C7H9ClO. The fraction of sp³-hybridized carbons (Fsp3) is 0.571. The molecule has 1 nitrogen and oxygen atoms in total. The Morgan fingerprint density at radius 2 is 2.44 bits per heavy atom. The zero-order chi connectivity index (χ0) is 6.69. The van der Waals surface area contributed by atoms with E-state index in [1.165, 1.54) is 0 Å². The summed E-state index contributed by atoms with van der Waals surface area (Å²) in [7, 11) is 0. The normalized spacial score (nSPS) is 26.1. The second-order valence-electron chi connectivity index (χ2n) is 2.27. The molecule has 1 unspecified atom stereocenters. The Hall–Kier alpha value is -0.300. The predicted octanol–water partition coefficient (Wildman–Crippen LogP) is 2.11. The van der Waals surface area contributed by atoms with Gasteiger partial charge in [0.05, 0.1) is 5.92 Å². The fourth-order valence-electron chi connectivity index (χ4n) is 1.00. The lowest BCUT2D eigenvalue weighted by molar-refractivity contribution is -0.114. The van der Waals surface area contributed by atoms with E-state index in [9.17, 15) is 4.79 Å². The first-order valence-corrected chi connectivity index (χ1v) is 3.54. The van der Waals surface area contributed by atoms with Crippen LogP contribution in [0.25, 0.3) is 0 Å². The van der Waals surface area contributed by atoms with Gasteiger partial charge < -0.3 is 0 Å². The van der Waals surface area contributed by atoms with Crippen LogP contribution in [-0.4, -0.2) is 5.24 Å². The molecule has 0 fully saturated rings. The molecule has 0 amide bonds. The summed E-state index contributed by atoms with van der Waals surface area (Å²) in [5.74, 6) is 0.000386. The van der Waals surface area contributed by atoms with Crippen LogP contribution in [0, 0.1) is 5.92 Å². The standard InChI is InChI=1S/C7H9ClO/c8-7(9)6-4-2-1-3-5-6/h2,4,6H,1,3,5H2. The Morgan fingerprint density at radius 3 is 2.78 bits per heavy atom. The van der Waals surface area contributed by atoms with E-state index >= 15 is 0 Å². The predicted molar refractivity (Wildman–Crippen MR) is 37.3 cm³/mol. The third-order valence-corrected chi connectivity index (χ3v) is 1.83. The molecule has 0 heterocycles. The molecule has 0 radical (unpaired) electrons. The summed E-state index contributed by atoms with van der Waals surface area (Å²) in [6, 6.07) is 0. The van der Waals surface area contributed by atoms with E-state index in [4.69, 9.17) is 11.6 Å². The van der Waals surface area contributed by atoms with Gasteiger partial charge in [-0.3, -0.25) is 4.79 Å². The third kappa shape index (κ3) is 1.83. The maximum Gasteiger partial charge on any atom is 0.228 e. The average Bonchev–Trinajstić information content (AvgIpc) is 1.90. The van der Waals surface area contributed by atoms with E-state index in [-0.39, 0.29) is 11.2 Å². The quantitative estimate of drug-likeness (QED) is 0.407. The second-order valence-corrected chi connectivity index (χ2v) is 2.64. The van der Waals surface area contributed by atoms with Crippen molar-refractivity contribution in [3.05, 3.63) is 12.2 Å².